The second kappa shape index (κ2) is 11.7. The number of hydrogen-bond acceptors (Lipinski definition) is 8. The van der Waals surface area contributed by atoms with Gasteiger partial charge in [0.05, 0.1) is 24.0 Å². The molecule has 0 saturated carbocycles. The molecule has 2 unspecified atom stereocenters. The molecule has 3 aromatic rings. The van der Waals surface area contributed by atoms with Crippen LogP contribution in [0, 0.1) is 10.1 Å². The summed E-state index contributed by atoms with van der Waals surface area (Å²) in [5.74, 6) is -1.60. The molecule has 0 aliphatic carbocycles. The molecule has 0 aromatic heterocycles. The first-order chi connectivity index (χ1) is 19.0. The van der Waals surface area contributed by atoms with E-state index < -0.39 is 38.9 Å². The standard InChI is InChI=1S/C27H27N3O9S/c1-38-24-12-11-21(15-25(24)39-2)40(36,37)29-16-19-6-4-3-5-18(19)14-23(29)26(31)28-22(27(32)33)13-17-7-9-20(10-8-17)30(34)35/h3-12,15,22-23H,13-14,16H2,1-2H3,(H,28,31)(H,32,33). The van der Waals surface area contributed by atoms with E-state index in [1.807, 2.05) is 0 Å². The molecule has 2 atom stereocenters. The number of carbonyl (C=O) groups is 2. The fourth-order valence-electron chi connectivity index (χ4n) is 4.54. The Hall–Kier alpha value is -4.49. The lowest BCUT2D eigenvalue weighted by molar-refractivity contribution is -0.384. The van der Waals surface area contributed by atoms with E-state index in [0.29, 0.717) is 11.3 Å². The van der Waals surface area contributed by atoms with Crippen LogP contribution in [0.4, 0.5) is 5.69 Å². The van der Waals surface area contributed by atoms with Crippen LogP contribution >= 0.6 is 0 Å². The fourth-order valence-corrected chi connectivity index (χ4v) is 6.13. The van der Waals surface area contributed by atoms with E-state index in [9.17, 15) is 33.2 Å². The summed E-state index contributed by atoms with van der Waals surface area (Å²) in [6.07, 6.45) is -0.136. The number of nitrogens with zero attached hydrogens (tertiary/aromatic N) is 2. The van der Waals surface area contributed by atoms with Gasteiger partial charge in [-0.1, -0.05) is 36.4 Å². The van der Waals surface area contributed by atoms with Crippen molar-refractivity contribution >= 4 is 27.6 Å². The fraction of sp³-hybridized carbons (Fsp3) is 0.259. The van der Waals surface area contributed by atoms with Gasteiger partial charge < -0.3 is 19.9 Å². The van der Waals surface area contributed by atoms with Crippen LogP contribution in [0.3, 0.4) is 0 Å². The molecule has 3 aromatic carbocycles. The van der Waals surface area contributed by atoms with Crippen LogP contribution in [-0.4, -0.2) is 60.9 Å². The molecule has 40 heavy (non-hydrogen) atoms. The van der Waals surface area contributed by atoms with Crippen molar-refractivity contribution in [1.29, 1.82) is 0 Å². The highest BCUT2D eigenvalue weighted by Crippen LogP contribution is 2.34. The van der Waals surface area contributed by atoms with Crippen molar-refractivity contribution in [1.82, 2.24) is 9.62 Å². The summed E-state index contributed by atoms with van der Waals surface area (Å²) in [5.41, 5.74) is 1.78. The molecular weight excluding hydrogens is 542 g/mol. The Labute approximate surface area is 230 Å². The lowest BCUT2D eigenvalue weighted by Gasteiger charge is -2.35. The molecule has 0 radical (unpaired) electrons. The van der Waals surface area contributed by atoms with E-state index >= 15 is 0 Å². The Kier molecular flexibility index (Phi) is 8.35. The molecule has 4 rings (SSSR count). The Balaban J connectivity index is 1.65. The third-order valence-electron chi connectivity index (χ3n) is 6.67. The van der Waals surface area contributed by atoms with Gasteiger partial charge >= 0.3 is 5.97 Å². The Bertz CT molecular complexity index is 1540. The highest BCUT2D eigenvalue weighted by atomic mass is 32.2. The summed E-state index contributed by atoms with van der Waals surface area (Å²) < 4.78 is 39.2. The number of carboxylic acid groups (broad SMARTS) is 1. The van der Waals surface area contributed by atoms with E-state index in [4.69, 9.17) is 9.47 Å². The third kappa shape index (κ3) is 5.90. The van der Waals surface area contributed by atoms with E-state index in [1.54, 1.807) is 24.3 Å². The predicted octanol–water partition coefficient (Wildman–Crippen LogP) is 2.54. The van der Waals surface area contributed by atoms with Gasteiger partial charge in [-0.15, -0.1) is 0 Å². The number of nitrogens with one attached hydrogen (secondary N) is 1. The summed E-state index contributed by atoms with van der Waals surface area (Å²) >= 11 is 0. The van der Waals surface area contributed by atoms with E-state index in [0.717, 1.165) is 15.4 Å². The van der Waals surface area contributed by atoms with Gasteiger partial charge in [-0.2, -0.15) is 4.31 Å². The zero-order valence-corrected chi connectivity index (χ0v) is 22.5. The number of fused-ring (bicyclic) bond motifs is 1. The van der Waals surface area contributed by atoms with Crippen LogP contribution in [0.15, 0.2) is 71.6 Å². The number of rotatable bonds is 10. The van der Waals surface area contributed by atoms with Crippen molar-refractivity contribution < 1.29 is 37.5 Å². The van der Waals surface area contributed by atoms with Crippen molar-refractivity contribution in [2.45, 2.75) is 36.4 Å². The number of carboxylic acids is 1. The van der Waals surface area contributed by atoms with Crippen molar-refractivity contribution in [3.8, 4) is 11.5 Å². The minimum absolute atomic E-state index is 0.0262. The number of ether oxygens (including phenoxy) is 2. The molecular formula is C27H27N3O9S. The van der Waals surface area contributed by atoms with Crippen molar-refractivity contribution in [3.63, 3.8) is 0 Å². The maximum Gasteiger partial charge on any atom is 0.326 e. The zero-order chi connectivity index (χ0) is 29.0. The predicted molar refractivity (Wildman–Crippen MR) is 143 cm³/mol. The normalized spacial score (nSPS) is 15.9. The number of nitro benzene ring substituents is 1. The molecule has 1 heterocycles. The van der Waals surface area contributed by atoms with Gasteiger partial charge in [0, 0.05) is 31.2 Å². The second-order valence-corrected chi connectivity index (χ2v) is 11.0. The Morgan fingerprint density at radius 2 is 1.70 bits per heavy atom. The number of hydrogen-bond donors (Lipinski definition) is 2. The third-order valence-corrected chi connectivity index (χ3v) is 8.52. The topological polar surface area (TPSA) is 165 Å². The molecule has 12 nitrogen and oxygen atoms in total. The van der Waals surface area contributed by atoms with Crippen LogP contribution in [0.2, 0.25) is 0 Å². The monoisotopic (exact) mass is 569 g/mol. The zero-order valence-electron chi connectivity index (χ0n) is 21.6. The molecule has 0 spiro atoms. The van der Waals surface area contributed by atoms with Gasteiger partial charge in [-0.25, -0.2) is 13.2 Å². The van der Waals surface area contributed by atoms with Crippen LogP contribution in [0.1, 0.15) is 16.7 Å². The van der Waals surface area contributed by atoms with Crippen LogP contribution in [0.5, 0.6) is 11.5 Å². The lowest BCUT2D eigenvalue weighted by atomic mass is 9.95. The molecule has 1 aliphatic rings. The molecule has 1 aliphatic heterocycles. The summed E-state index contributed by atoms with van der Waals surface area (Å²) in [6, 6.07) is 13.9. The molecule has 0 bridgehead atoms. The maximum atomic E-state index is 13.9. The van der Waals surface area contributed by atoms with Gasteiger partial charge in [0.2, 0.25) is 15.9 Å². The molecule has 1 amide bonds. The average Bonchev–Trinajstić information content (AvgIpc) is 2.95. The number of non-ortho nitro benzene ring substituents is 1. The SMILES string of the molecule is COc1ccc(S(=O)(=O)N2Cc3ccccc3CC2C(=O)NC(Cc2ccc([N+](=O)[O-])cc2)C(=O)O)cc1OC. The number of methoxy groups -OCH3 is 2. The summed E-state index contributed by atoms with van der Waals surface area (Å²) in [4.78, 5) is 35.8. The van der Waals surface area contributed by atoms with Crippen molar-refractivity contribution in [2.24, 2.45) is 0 Å². The highest BCUT2D eigenvalue weighted by Gasteiger charge is 2.41. The number of benzene rings is 3. The first kappa shape index (κ1) is 28.5. The average molecular weight is 570 g/mol. The summed E-state index contributed by atoms with van der Waals surface area (Å²) in [7, 11) is -1.46. The molecule has 2 N–H and O–H groups in total. The quantitative estimate of drug-likeness (QED) is 0.276. The van der Waals surface area contributed by atoms with Gasteiger partial charge in [-0.3, -0.25) is 14.9 Å². The van der Waals surface area contributed by atoms with E-state index in [1.165, 1.54) is 56.7 Å². The highest BCUT2D eigenvalue weighted by molar-refractivity contribution is 7.89. The number of aliphatic carboxylic acids is 1. The summed E-state index contributed by atoms with van der Waals surface area (Å²) in [5, 5.41) is 23.2. The van der Waals surface area contributed by atoms with E-state index in [-0.39, 0.29) is 35.7 Å². The van der Waals surface area contributed by atoms with Gasteiger partial charge in [0.1, 0.15) is 12.1 Å². The van der Waals surface area contributed by atoms with Crippen molar-refractivity contribution in [3.05, 3.63) is 93.5 Å². The summed E-state index contributed by atoms with van der Waals surface area (Å²) in [6.45, 7) is -0.106. The van der Waals surface area contributed by atoms with Gasteiger partial charge in [-0.05, 0) is 35.2 Å². The number of sulfonamides is 1. The van der Waals surface area contributed by atoms with Gasteiger partial charge in [0.25, 0.3) is 5.69 Å². The first-order valence-corrected chi connectivity index (χ1v) is 13.6. The maximum absolute atomic E-state index is 13.9. The minimum Gasteiger partial charge on any atom is -0.493 e. The Morgan fingerprint density at radius 1 is 1.05 bits per heavy atom. The molecule has 210 valence electrons. The smallest absolute Gasteiger partial charge is 0.326 e. The number of carbonyl (C=O) groups excluding carboxylic acids is 1. The van der Waals surface area contributed by atoms with Crippen molar-refractivity contribution in [2.75, 3.05) is 14.2 Å². The molecule has 0 fully saturated rings. The molecule has 13 heteroatoms. The number of nitro groups is 1. The molecule has 0 saturated heterocycles. The minimum atomic E-state index is -4.26. The second-order valence-electron chi connectivity index (χ2n) is 9.08. The number of amides is 1. The lowest BCUT2D eigenvalue weighted by Crippen LogP contribution is -2.55. The Morgan fingerprint density at radius 3 is 2.30 bits per heavy atom. The van der Waals surface area contributed by atoms with Crippen LogP contribution in [-0.2, 0) is 39.0 Å². The largest absolute Gasteiger partial charge is 0.493 e. The van der Waals surface area contributed by atoms with Gasteiger partial charge in [0.15, 0.2) is 11.5 Å². The van der Waals surface area contributed by atoms with Crippen LogP contribution in [0.25, 0.3) is 0 Å². The first-order valence-electron chi connectivity index (χ1n) is 12.1. The van der Waals surface area contributed by atoms with E-state index in [2.05, 4.69) is 5.32 Å². The van der Waals surface area contributed by atoms with Crippen LogP contribution < -0.4 is 14.8 Å².